The summed E-state index contributed by atoms with van der Waals surface area (Å²) in [5.74, 6) is -0.344. The molecule has 0 aliphatic carbocycles. The number of hydrogen-bond donors (Lipinski definition) is 1. The molecule has 2 heterocycles. The number of methoxy groups -OCH3 is 1. The quantitative estimate of drug-likeness (QED) is 0.288. The summed E-state index contributed by atoms with van der Waals surface area (Å²) in [5, 5.41) is 15.9. The summed E-state index contributed by atoms with van der Waals surface area (Å²) in [4.78, 5) is 17.0. The second-order valence-corrected chi connectivity index (χ2v) is 8.84. The number of nitrogens with zero attached hydrogens (tertiary/aromatic N) is 3. The van der Waals surface area contributed by atoms with Gasteiger partial charge in [0.2, 0.25) is 0 Å². The Hall–Kier alpha value is -3.94. The van der Waals surface area contributed by atoms with Gasteiger partial charge in [-0.2, -0.15) is 5.10 Å². The van der Waals surface area contributed by atoms with Gasteiger partial charge in [-0.1, -0.05) is 41.9 Å². The van der Waals surface area contributed by atoms with Gasteiger partial charge in [0.1, 0.15) is 21.3 Å². The fraction of sp³-hybridized carbons (Fsp3) is 0.0385. The van der Waals surface area contributed by atoms with E-state index >= 15 is 0 Å². The van der Waals surface area contributed by atoms with Gasteiger partial charge in [-0.25, -0.2) is 14.5 Å². The number of carbonyl (C=O) groups is 1. The molecule has 0 fully saturated rings. The number of aromatic carboxylic acids is 1. The van der Waals surface area contributed by atoms with E-state index in [4.69, 9.17) is 26.4 Å². The number of thiazole rings is 1. The van der Waals surface area contributed by atoms with Crippen molar-refractivity contribution in [1.82, 2.24) is 14.8 Å². The Kier molecular flexibility index (Phi) is 5.88. The van der Waals surface area contributed by atoms with E-state index in [1.807, 2.05) is 48.7 Å². The van der Waals surface area contributed by atoms with Gasteiger partial charge < -0.3 is 9.84 Å². The van der Waals surface area contributed by atoms with Crippen molar-refractivity contribution in [3.8, 4) is 44.5 Å². The number of rotatable bonds is 6. The second kappa shape index (κ2) is 9.13. The lowest BCUT2D eigenvalue weighted by Gasteiger charge is -2.02. The first kappa shape index (κ1) is 21.9. The molecule has 0 amide bonds. The number of benzene rings is 3. The van der Waals surface area contributed by atoms with Gasteiger partial charge in [-0.3, -0.25) is 0 Å². The highest BCUT2D eigenvalue weighted by atomic mass is 35.5. The van der Waals surface area contributed by atoms with Crippen molar-refractivity contribution in [2.75, 3.05) is 7.11 Å². The molecule has 1 N–H and O–H groups in total. The number of hydrogen-bond acceptors (Lipinski definition) is 5. The van der Waals surface area contributed by atoms with Crippen LogP contribution in [0.1, 0.15) is 9.67 Å². The van der Waals surface area contributed by atoms with Crippen LogP contribution in [0.5, 0.6) is 5.75 Å². The summed E-state index contributed by atoms with van der Waals surface area (Å²) in [5.41, 5.74) is 4.27. The SMILES string of the molecule is COc1ccc(-c2nc(-c3cn(-c4ccccc4)nc3-c3ccc(Cl)cc3)sc2C(=O)O)cc1. The largest absolute Gasteiger partial charge is 0.497 e. The third-order valence-corrected chi connectivity index (χ3v) is 6.60. The zero-order valence-corrected chi connectivity index (χ0v) is 19.5. The molecule has 0 saturated heterocycles. The topological polar surface area (TPSA) is 77.2 Å². The first-order valence-electron chi connectivity index (χ1n) is 10.3. The average molecular weight is 488 g/mol. The van der Waals surface area contributed by atoms with Gasteiger partial charge in [-0.15, -0.1) is 11.3 Å². The fourth-order valence-corrected chi connectivity index (χ4v) is 4.65. The number of aromatic nitrogens is 3. The van der Waals surface area contributed by atoms with Crippen LogP contribution < -0.4 is 4.74 Å². The number of halogens is 1. The van der Waals surface area contributed by atoms with Crippen molar-refractivity contribution in [2.24, 2.45) is 0 Å². The molecule has 5 aromatic rings. The third kappa shape index (κ3) is 4.19. The van der Waals surface area contributed by atoms with E-state index in [1.165, 1.54) is 0 Å². The minimum atomic E-state index is -1.03. The Labute approximate surface area is 204 Å². The van der Waals surface area contributed by atoms with E-state index in [1.54, 1.807) is 48.2 Å². The van der Waals surface area contributed by atoms with Crippen LogP contribution in [0.4, 0.5) is 0 Å². The molecule has 0 bridgehead atoms. The molecule has 0 atom stereocenters. The third-order valence-electron chi connectivity index (χ3n) is 5.27. The molecule has 8 heteroatoms. The van der Waals surface area contributed by atoms with Crippen molar-refractivity contribution in [2.45, 2.75) is 0 Å². The molecule has 0 radical (unpaired) electrons. The van der Waals surface area contributed by atoms with Crippen LogP contribution in [-0.4, -0.2) is 33.0 Å². The predicted octanol–water partition coefficient (Wildman–Crippen LogP) is 6.69. The Morgan fingerprint density at radius 3 is 2.24 bits per heavy atom. The van der Waals surface area contributed by atoms with E-state index in [2.05, 4.69) is 0 Å². The summed E-state index contributed by atoms with van der Waals surface area (Å²) in [6.07, 6.45) is 1.88. The van der Waals surface area contributed by atoms with E-state index < -0.39 is 5.97 Å². The molecule has 168 valence electrons. The van der Waals surface area contributed by atoms with Crippen molar-refractivity contribution < 1.29 is 14.6 Å². The molecular formula is C26H18ClN3O3S. The van der Waals surface area contributed by atoms with Crippen molar-refractivity contribution in [1.29, 1.82) is 0 Å². The van der Waals surface area contributed by atoms with Crippen LogP contribution >= 0.6 is 22.9 Å². The molecule has 0 saturated carbocycles. The Morgan fingerprint density at radius 1 is 0.941 bits per heavy atom. The van der Waals surface area contributed by atoms with Crippen LogP contribution in [0.15, 0.2) is 85.1 Å². The Morgan fingerprint density at radius 2 is 1.59 bits per heavy atom. The molecular weight excluding hydrogens is 470 g/mol. The lowest BCUT2D eigenvalue weighted by molar-refractivity contribution is 0.0702. The minimum absolute atomic E-state index is 0.162. The molecule has 6 nitrogen and oxygen atoms in total. The zero-order chi connectivity index (χ0) is 23.7. The van der Waals surface area contributed by atoms with Gasteiger partial charge in [0.15, 0.2) is 0 Å². The maximum atomic E-state index is 12.1. The second-order valence-electron chi connectivity index (χ2n) is 7.41. The van der Waals surface area contributed by atoms with Crippen LogP contribution in [0.2, 0.25) is 5.02 Å². The predicted molar refractivity (Wildman–Crippen MR) is 134 cm³/mol. The average Bonchev–Trinajstić information content (AvgIpc) is 3.50. The number of para-hydroxylation sites is 1. The van der Waals surface area contributed by atoms with E-state index in [9.17, 15) is 9.90 Å². The summed E-state index contributed by atoms with van der Waals surface area (Å²) in [7, 11) is 1.58. The molecule has 0 unspecified atom stereocenters. The summed E-state index contributed by atoms with van der Waals surface area (Å²) in [6, 6.07) is 24.3. The van der Waals surface area contributed by atoms with E-state index in [0.29, 0.717) is 32.7 Å². The molecule has 3 aromatic carbocycles. The maximum absolute atomic E-state index is 12.1. The molecule has 34 heavy (non-hydrogen) atoms. The Balaban J connectivity index is 1.68. The lowest BCUT2D eigenvalue weighted by Crippen LogP contribution is -1.95. The maximum Gasteiger partial charge on any atom is 0.348 e. The van der Waals surface area contributed by atoms with Crippen molar-refractivity contribution >= 4 is 28.9 Å². The highest BCUT2D eigenvalue weighted by molar-refractivity contribution is 7.17. The monoisotopic (exact) mass is 487 g/mol. The van der Waals surface area contributed by atoms with E-state index in [-0.39, 0.29) is 4.88 Å². The fourth-order valence-electron chi connectivity index (χ4n) is 3.59. The van der Waals surface area contributed by atoms with Gasteiger partial charge in [0, 0.05) is 22.3 Å². The Bertz CT molecular complexity index is 1460. The normalized spacial score (nSPS) is 10.9. The number of ether oxygens (including phenoxy) is 1. The van der Waals surface area contributed by atoms with Crippen LogP contribution in [0.3, 0.4) is 0 Å². The van der Waals surface area contributed by atoms with Gasteiger partial charge in [0.25, 0.3) is 0 Å². The smallest absolute Gasteiger partial charge is 0.348 e. The lowest BCUT2D eigenvalue weighted by atomic mass is 10.1. The highest BCUT2D eigenvalue weighted by Crippen LogP contribution is 2.39. The zero-order valence-electron chi connectivity index (χ0n) is 18.0. The van der Waals surface area contributed by atoms with Crippen molar-refractivity contribution in [3.05, 3.63) is 95.0 Å². The van der Waals surface area contributed by atoms with Crippen LogP contribution in [-0.2, 0) is 0 Å². The number of carboxylic acids is 1. The summed E-state index contributed by atoms with van der Waals surface area (Å²) in [6.45, 7) is 0. The van der Waals surface area contributed by atoms with Crippen LogP contribution in [0.25, 0.3) is 38.8 Å². The van der Waals surface area contributed by atoms with Crippen molar-refractivity contribution in [3.63, 3.8) is 0 Å². The first-order chi connectivity index (χ1) is 16.5. The summed E-state index contributed by atoms with van der Waals surface area (Å²) >= 11 is 7.22. The molecule has 5 rings (SSSR count). The highest BCUT2D eigenvalue weighted by Gasteiger charge is 2.23. The summed E-state index contributed by atoms with van der Waals surface area (Å²) < 4.78 is 6.99. The van der Waals surface area contributed by atoms with E-state index in [0.717, 1.165) is 28.2 Å². The molecule has 2 aromatic heterocycles. The number of carboxylic acid groups (broad SMARTS) is 1. The molecule has 0 aliphatic rings. The van der Waals surface area contributed by atoms with Crippen LogP contribution in [0, 0.1) is 0 Å². The van der Waals surface area contributed by atoms with Gasteiger partial charge >= 0.3 is 5.97 Å². The molecule has 0 spiro atoms. The van der Waals surface area contributed by atoms with Gasteiger partial charge in [-0.05, 0) is 48.5 Å². The standard InChI is InChI=1S/C26H18ClN3O3S/c1-33-20-13-9-17(10-14-20)23-24(26(31)32)34-25(28-23)21-15-30(19-5-3-2-4-6-19)29-22(21)16-7-11-18(27)12-8-16/h2-15H,1H3,(H,31,32). The minimum Gasteiger partial charge on any atom is -0.497 e. The first-order valence-corrected chi connectivity index (χ1v) is 11.5. The molecule has 0 aliphatic heterocycles. The van der Waals surface area contributed by atoms with Gasteiger partial charge in [0.05, 0.1) is 24.1 Å².